The third-order valence-corrected chi connectivity index (χ3v) is 4.88. The first-order valence-corrected chi connectivity index (χ1v) is 8.91. The maximum Gasteiger partial charge on any atom is 0.147 e. The van der Waals surface area contributed by atoms with E-state index in [-0.39, 0.29) is 0 Å². The van der Waals surface area contributed by atoms with Crippen LogP contribution in [0, 0.1) is 13.8 Å². The number of rotatable bonds is 5. The molecule has 1 aromatic carbocycles. The van der Waals surface area contributed by atoms with Gasteiger partial charge in [-0.2, -0.15) is 10.2 Å². The van der Waals surface area contributed by atoms with Crippen molar-refractivity contribution in [3.05, 3.63) is 59.9 Å². The molecule has 0 spiro atoms. The number of aromatic nitrogens is 5. The number of para-hydroxylation sites is 1. The number of hydrogen-bond donors (Lipinski definition) is 0. The summed E-state index contributed by atoms with van der Waals surface area (Å²) in [5.74, 6) is 1.85. The van der Waals surface area contributed by atoms with Crippen molar-refractivity contribution in [1.82, 2.24) is 29.4 Å². The summed E-state index contributed by atoms with van der Waals surface area (Å²) in [6.45, 7) is 6.89. The Morgan fingerprint density at radius 3 is 2.68 bits per heavy atom. The predicted octanol–water partition coefficient (Wildman–Crippen LogP) is 2.75. The average Bonchev–Trinajstić information content (AvgIpc) is 3.32. The van der Waals surface area contributed by atoms with Crippen LogP contribution in [0.2, 0.25) is 0 Å². The number of benzene rings is 1. The Bertz CT molecular complexity index is 835. The molecule has 1 aliphatic heterocycles. The summed E-state index contributed by atoms with van der Waals surface area (Å²) in [5, 5.41) is 9.27. The monoisotopic (exact) mass is 336 g/mol. The van der Waals surface area contributed by atoms with E-state index >= 15 is 0 Å². The van der Waals surface area contributed by atoms with Gasteiger partial charge in [-0.05, 0) is 51.4 Å². The molecular weight excluding hydrogens is 312 g/mol. The lowest BCUT2D eigenvalue weighted by Crippen LogP contribution is -2.33. The van der Waals surface area contributed by atoms with Crippen molar-refractivity contribution in [3.8, 4) is 5.69 Å². The van der Waals surface area contributed by atoms with E-state index in [1.54, 1.807) is 0 Å². The minimum atomic E-state index is 0.502. The molecule has 1 fully saturated rings. The van der Waals surface area contributed by atoms with E-state index in [0.717, 1.165) is 42.7 Å². The van der Waals surface area contributed by atoms with Gasteiger partial charge in [0.15, 0.2) is 0 Å². The van der Waals surface area contributed by atoms with Gasteiger partial charge in [-0.15, -0.1) is 0 Å². The third kappa shape index (κ3) is 3.49. The van der Waals surface area contributed by atoms with Gasteiger partial charge in [0.1, 0.15) is 11.6 Å². The largest absolute Gasteiger partial charge is 0.293 e. The quantitative estimate of drug-likeness (QED) is 0.719. The summed E-state index contributed by atoms with van der Waals surface area (Å²) in [6, 6.07) is 12.9. The Labute approximate surface area is 148 Å². The number of likely N-dealkylation sites (tertiary alicyclic amines) is 1. The molecule has 4 rings (SSSR count). The fourth-order valence-electron chi connectivity index (χ4n) is 3.62. The molecule has 6 nitrogen and oxygen atoms in total. The standard InChI is InChI=1S/C19H24N6/c1-15-20-16(2)25(21-15)14-19-9-6-11-23(19)13-17-10-12-24(22-17)18-7-4-3-5-8-18/h3-5,7-8,10,12,19H,6,9,11,13-14H2,1-2H3. The molecule has 1 unspecified atom stereocenters. The minimum absolute atomic E-state index is 0.502. The van der Waals surface area contributed by atoms with Crippen LogP contribution in [-0.2, 0) is 13.1 Å². The Kier molecular flexibility index (Phi) is 4.36. The van der Waals surface area contributed by atoms with Crippen LogP contribution in [0.1, 0.15) is 30.2 Å². The maximum atomic E-state index is 4.75. The SMILES string of the molecule is Cc1nc(C)n(CC2CCCN2Cc2ccn(-c3ccccc3)n2)n1. The van der Waals surface area contributed by atoms with Crippen LogP contribution in [0.4, 0.5) is 0 Å². The fraction of sp³-hybridized carbons (Fsp3) is 0.421. The molecule has 0 radical (unpaired) electrons. The van der Waals surface area contributed by atoms with E-state index in [2.05, 4.69) is 33.2 Å². The van der Waals surface area contributed by atoms with Crippen molar-refractivity contribution in [1.29, 1.82) is 0 Å². The van der Waals surface area contributed by atoms with Crippen LogP contribution in [0.25, 0.3) is 5.69 Å². The van der Waals surface area contributed by atoms with Crippen LogP contribution in [0.15, 0.2) is 42.6 Å². The van der Waals surface area contributed by atoms with E-state index in [1.165, 1.54) is 12.8 Å². The van der Waals surface area contributed by atoms with Gasteiger partial charge in [0.25, 0.3) is 0 Å². The van der Waals surface area contributed by atoms with E-state index < -0.39 is 0 Å². The molecule has 1 aliphatic rings. The van der Waals surface area contributed by atoms with Crippen molar-refractivity contribution in [2.24, 2.45) is 0 Å². The zero-order chi connectivity index (χ0) is 17.2. The first-order chi connectivity index (χ1) is 12.2. The third-order valence-electron chi connectivity index (χ3n) is 4.88. The topological polar surface area (TPSA) is 51.8 Å². The molecule has 0 saturated carbocycles. The Morgan fingerprint density at radius 2 is 1.92 bits per heavy atom. The highest BCUT2D eigenvalue weighted by atomic mass is 15.4. The summed E-state index contributed by atoms with van der Waals surface area (Å²) >= 11 is 0. The van der Waals surface area contributed by atoms with Gasteiger partial charge in [0, 0.05) is 18.8 Å². The summed E-state index contributed by atoms with van der Waals surface area (Å²) in [4.78, 5) is 6.94. The zero-order valence-electron chi connectivity index (χ0n) is 14.8. The van der Waals surface area contributed by atoms with Gasteiger partial charge < -0.3 is 0 Å². The molecule has 1 atom stereocenters. The van der Waals surface area contributed by atoms with Crippen LogP contribution in [0.3, 0.4) is 0 Å². The van der Waals surface area contributed by atoms with E-state index in [9.17, 15) is 0 Å². The Balaban J connectivity index is 1.45. The molecule has 0 N–H and O–H groups in total. The minimum Gasteiger partial charge on any atom is -0.293 e. The van der Waals surface area contributed by atoms with Gasteiger partial charge in [-0.3, -0.25) is 4.90 Å². The second kappa shape index (κ2) is 6.80. The lowest BCUT2D eigenvalue weighted by Gasteiger charge is -2.23. The summed E-state index contributed by atoms with van der Waals surface area (Å²) in [5.41, 5.74) is 2.21. The summed E-state index contributed by atoms with van der Waals surface area (Å²) in [7, 11) is 0. The molecule has 2 aromatic heterocycles. The Hall–Kier alpha value is -2.47. The second-order valence-electron chi connectivity index (χ2n) is 6.74. The molecule has 130 valence electrons. The van der Waals surface area contributed by atoms with Gasteiger partial charge in [-0.25, -0.2) is 14.3 Å². The van der Waals surface area contributed by atoms with Crippen molar-refractivity contribution in [3.63, 3.8) is 0 Å². The summed E-state index contributed by atoms with van der Waals surface area (Å²) in [6.07, 6.45) is 4.48. The number of nitrogens with zero attached hydrogens (tertiary/aromatic N) is 6. The van der Waals surface area contributed by atoms with Crippen molar-refractivity contribution in [2.45, 2.75) is 45.8 Å². The lowest BCUT2D eigenvalue weighted by molar-refractivity contribution is 0.215. The fourth-order valence-corrected chi connectivity index (χ4v) is 3.62. The molecule has 0 amide bonds. The van der Waals surface area contributed by atoms with Crippen molar-refractivity contribution in [2.75, 3.05) is 6.54 Å². The van der Waals surface area contributed by atoms with E-state index in [1.807, 2.05) is 47.6 Å². The molecule has 25 heavy (non-hydrogen) atoms. The van der Waals surface area contributed by atoms with Gasteiger partial charge in [0.2, 0.25) is 0 Å². The number of hydrogen-bond acceptors (Lipinski definition) is 4. The van der Waals surface area contributed by atoms with E-state index in [0.29, 0.717) is 6.04 Å². The van der Waals surface area contributed by atoms with Crippen LogP contribution in [-0.4, -0.2) is 42.0 Å². The number of aryl methyl sites for hydroxylation is 2. The highest BCUT2D eigenvalue weighted by Gasteiger charge is 2.26. The van der Waals surface area contributed by atoms with Crippen molar-refractivity contribution >= 4 is 0 Å². The first kappa shape index (κ1) is 16.0. The zero-order valence-corrected chi connectivity index (χ0v) is 14.8. The molecule has 6 heteroatoms. The second-order valence-corrected chi connectivity index (χ2v) is 6.74. The van der Waals surface area contributed by atoms with Gasteiger partial charge in [0.05, 0.1) is 17.9 Å². The predicted molar refractivity (Wildman–Crippen MR) is 96.5 cm³/mol. The van der Waals surface area contributed by atoms with Gasteiger partial charge in [-0.1, -0.05) is 18.2 Å². The highest BCUT2D eigenvalue weighted by Crippen LogP contribution is 2.21. The van der Waals surface area contributed by atoms with Crippen molar-refractivity contribution < 1.29 is 0 Å². The van der Waals surface area contributed by atoms with Crippen LogP contribution in [0.5, 0.6) is 0 Å². The molecular formula is C19H24N6. The highest BCUT2D eigenvalue weighted by molar-refractivity contribution is 5.30. The average molecular weight is 336 g/mol. The van der Waals surface area contributed by atoms with Gasteiger partial charge >= 0.3 is 0 Å². The van der Waals surface area contributed by atoms with E-state index in [4.69, 9.17) is 5.10 Å². The van der Waals surface area contributed by atoms with Crippen LogP contribution >= 0.6 is 0 Å². The first-order valence-electron chi connectivity index (χ1n) is 8.91. The molecule has 3 heterocycles. The normalized spacial score (nSPS) is 18.1. The lowest BCUT2D eigenvalue weighted by atomic mass is 10.2. The summed E-state index contributed by atoms with van der Waals surface area (Å²) < 4.78 is 3.99. The molecule has 0 bridgehead atoms. The molecule has 1 saturated heterocycles. The smallest absolute Gasteiger partial charge is 0.147 e. The van der Waals surface area contributed by atoms with Crippen LogP contribution < -0.4 is 0 Å². The molecule has 0 aliphatic carbocycles. The maximum absolute atomic E-state index is 4.75. The molecule has 3 aromatic rings. The Morgan fingerprint density at radius 1 is 1.08 bits per heavy atom.